The van der Waals surface area contributed by atoms with Crippen molar-refractivity contribution in [1.82, 2.24) is 0 Å². The number of carboxylic acid groups (broad SMARTS) is 2. The van der Waals surface area contributed by atoms with Crippen LogP contribution in [-0.2, 0) is 31.1 Å². The van der Waals surface area contributed by atoms with Crippen LogP contribution in [0, 0.1) is 0 Å². The van der Waals surface area contributed by atoms with Crippen LogP contribution in [0.2, 0.25) is 0 Å². The van der Waals surface area contributed by atoms with Crippen molar-refractivity contribution in [3.05, 3.63) is 82.6 Å². The Kier molecular flexibility index (Phi) is 16.1. The maximum atomic E-state index is 11.6. The number of allylic oxidation sites excluding steroid dienone is 4. The minimum atomic E-state index is -4.46. The van der Waals surface area contributed by atoms with Crippen molar-refractivity contribution in [2.24, 2.45) is 0 Å². The smallest absolute Gasteiger partial charge is 0.748 e. The molecular formula is C31H33N2Na3O10S2. The van der Waals surface area contributed by atoms with Gasteiger partial charge in [-0.2, -0.15) is 4.58 Å². The molecule has 12 nitrogen and oxygen atoms in total. The fraction of sp³-hybridized carbons (Fsp3) is 0.387. The number of carbonyl (C=O) groups excluding carboxylic acids is 2. The van der Waals surface area contributed by atoms with Gasteiger partial charge in [-0.3, -0.25) is 0 Å². The molecular weight excluding hydrogens is 693 g/mol. The van der Waals surface area contributed by atoms with Crippen LogP contribution in [0.15, 0.2) is 60.3 Å². The molecule has 2 aromatic carbocycles. The first-order chi connectivity index (χ1) is 20.7. The first-order valence-corrected chi connectivity index (χ1v) is 17.3. The van der Waals surface area contributed by atoms with E-state index < -0.39 is 54.5 Å². The van der Waals surface area contributed by atoms with E-state index in [2.05, 4.69) is 0 Å². The quantitative estimate of drug-likeness (QED) is 0.114. The summed E-state index contributed by atoms with van der Waals surface area (Å²) in [7, 11) is -8.92. The molecule has 0 N–H and O–H groups in total. The molecule has 0 bridgehead atoms. The zero-order chi connectivity index (χ0) is 33.5. The van der Waals surface area contributed by atoms with E-state index in [0.29, 0.717) is 33.9 Å². The Morgan fingerprint density at radius 1 is 0.792 bits per heavy atom. The number of carbonyl (C=O) groups is 2. The van der Waals surface area contributed by atoms with Crippen LogP contribution < -0.4 is 104 Å². The molecule has 17 heteroatoms. The molecule has 4 rings (SSSR count). The standard InChI is InChI=1S/C31H36N2O10S2.3Na/c1-30(2)22-18-20(28(34)35)10-12-24(22)32(14-6-16-44(38,39)40)26(30)8-5-9-27-31(3,4)23-19-21(29(36)37)11-13-25(23)33(27)15-7-17-45(41,42)43;;;/h5,8-13,18-19H,6-7,14-17H2,1-4H3,(H3-,34,35,36,37,38,39,40,41,42,43);;;/q;3*+1/p-3. The van der Waals surface area contributed by atoms with E-state index in [9.17, 15) is 45.7 Å². The Bertz CT molecular complexity index is 1890. The third-order valence-electron chi connectivity index (χ3n) is 8.32. The minimum Gasteiger partial charge on any atom is -0.748 e. The summed E-state index contributed by atoms with van der Waals surface area (Å²) in [6.07, 6.45) is 5.40. The minimum absolute atomic E-state index is 0. The summed E-state index contributed by atoms with van der Waals surface area (Å²) in [5.74, 6) is -3.85. The van der Waals surface area contributed by atoms with E-state index >= 15 is 0 Å². The van der Waals surface area contributed by atoms with Gasteiger partial charge in [0.1, 0.15) is 6.54 Å². The van der Waals surface area contributed by atoms with E-state index in [1.165, 1.54) is 24.3 Å². The molecule has 0 aliphatic carbocycles. The van der Waals surface area contributed by atoms with Crippen molar-refractivity contribution in [3.8, 4) is 0 Å². The van der Waals surface area contributed by atoms with Gasteiger partial charge in [-0.15, -0.1) is 0 Å². The van der Waals surface area contributed by atoms with E-state index in [1.54, 1.807) is 30.4 Å². The van der Waals surface area contributed by atoms with Crippen molar-refractivity contribution >= 4 is 49.3 Å². The van der Waals surface area contributed by atoms with Gasteiger partial charge in [0.05, 0.1) is 37.6 Å². The second kappa shape index (κ2) is 17.1. The predicted octanol–water partition coefficient (Wildman–Crippen LogP) is -8.09. The molecule has 2 heterocycles. The summed E-state index contributed by atoms with van der Waals surface area (Å²) in [4.78, 5) is 25.0. The van der Waals surface area contributed by atoms with Crippen molar-refractivity contribution < 1.29 is 139 Å². The third kappa shape index (κ3) is 10.1. The van der Waals surface area contributed by atoms with Crippen LogP contribution in [0.1, 0.15) is 72.4 Å². The van der Waals surface area contributed by atoms with Crippen LogP contribution in [0.5, 0.6) is 0 Å². The van der Waals surface area contributed by atoms with Gasteiger partial charge in [-0.1, -0.05) is 26.0 Å². The topological polar surface area (TPSA) is 201 Å². The molecule has 0 radical (unpaired) electrons. The van der Waals surface area contributed by atoms with E-state index in [-0.39, 0.29) is 126 Å². The van der Waals surface area contributed by atoms with Crippen LogP contribution in [0.25, 0.3) is 0 Å². The van der Waals surface area contributed by atoms with Gasteiger partial charge in [-0.05, 0) is 67.3 Å². The molecule has 0 atom stereocenters. The van der Waals surface area contributed by atoms with E-state index in [0.717, 1.165) is 0 Å². The van der Waals surface area contributed by atoms with E-state index in [4.69, 9.17) is 0 Å². The number of rotatable bonds is 12. The summed E-state index contributed by atoms with van der Waals surface area (Å²) in [5, 5.41) is 23.2. The zero-order valence-electron chi connectivity index (χ0n) is 28.2. The van der Waals surface area contributed by atoms with Crippen molar-refractivity contribution in [3.63, 3.8) is 0 Å². The predicted molar refractivity (Wildman–Crippen MR) is 160 cm³/mol. The molecule has 0 saturated heterocycles. The maximum absolute atomic E-state index is 11.6. The maximum Gasteiger partial charge on any atom is 1.00 e. The molecule has 0 spiro atoms. The monoisotopic (exact) mass is 726 g/mol. The summed E-state index contributed by atoms with van der Waals surface area (Å²) in [5.41, 5.74) is 2.53. The van der Waals surface area contributed by atoms with Gasteiger partial charge < -0.3 is 33.8 Å². The summed E-state index contributed by atoms with van der Waals surface area (Å²) < 4.78 is 69.7. The number of aromatic carboxylic acids is 2. The van der Waals surface area contributed by atoms with Gasteiger partial charge in [-0.25, -0.2) is 16.8 Å². The largest absolute Gasteiger partial charge is 1.00 e. The van der Waals surface area contributed by atoms with Crippen LogP contribution in [-0.4, -0.2) is 72.8 Å². The number of hydrogen-bond donors (Lipinski definition) is 0. The van der Waals surface area contributed by atoms with Crippen LogP contribution in [0.3, 0.4) is 0 Å². The summed E-state index contributed by atoms with van der Waals surface area (Å²) >= 11 is 0. The summed E-state index contributed by atoms with van der Waals surface area (Å²) in [6.45, 7) is 7.86. The number of benzene rings is 2. The first-order valence-electron chi connectivity index (χ1n) is 14.1. The SMILES string of the molecule is CC1(C)C(C=C/C=C2/N(CCCS(=O)(=O)[O-])c3ccc(C(=O)[O-])cc3C2(C)C)=[N+](CCCS(=O)(=O)[O-])c2ccc(C(=O)[O-])cc21.[Na+].[Na+].[Na+]. The van der Waals surface area contributed by atoms with Gasteiger partial charge in [0.15, 0.2) is 5.71 Å². The number of fused-ring (bicyclic) bond motifs is 2. The Morgan fingerprint density at radius 2 is 1.31 bits per heavy atom. The molecule has 0 saturated carbocycles. The average Bonchev–Trinajstić information content (AvgIpc) is 3.25. The molecule has 0 aromatic heterocycles. The normalized spacial score (nSPS) is 17.0. The first kappa shape index (κ1) is 45.2. The number of anilines is 1. The second-order valence-corrected chi connectivity index (χ2v) is 15.2. The fourth-order valence-electron chi connectivity index (χ4n) is 6.12. The Hall–Kier alpha value is -0.850. The molecule has 48 heavy (non-hydrogen) atoms. The van der Waals surface area contributed by atoms with Crippen LogP contribution in [0.4, 0.5) is 11.4 Å². The Morgan fingerprint density at radius 3 is 1.85 bits per heavy atom. The van der Waals surface area contributed by atoms with Gasteiger partial charge in [0.2, 0.25) is 5.69 Å². The van der Waals surface area contributed by atoms with Crippen LogP contribution >= 0.6 is 0 Å². The van der Waals surface area contributed by atoms with Gasteiger partial charge in [0, 0.05) is 59.0 Å². The van der Waals surface area contributed by atoms with Gasteiger partial charge >= 0.3 is 88.7 Å². The summed E-state index contributed by atoms with van der Waals surface area (Å²) in [6, 6.07) is 9.05. The zero-order valence-corrected chi connectivity index (χ0v) is 35.9. The Labute approximate surface area is 347 Å². The molecule has 2 aliphatic rings. The van der Waals surface area contributed by atoms with Crippen molar-refractivity contribution in [2.45, 2.75) is 51.4 Å². The van der Waals surface area contributed by atoms with Crippen molar-refractivity contribution in [2.75, 3.05) is 29.5 Å². The Balaban J connectivity index is 0.00000384. The molecule has 242 valence electrons. The number of hydrogen-bond acceptors (Lipinski definition) is 11. The molecule has 0 fully saturated rings. The fourth-order valence-corrected chi connectivity index (χ4v) is 7.08. The van der Waals surface area contributed by atoms with E-state index in [1.807, 2.05) is 37.2 Å². The molecule has 2 aromatic rings. The van der Waals surface area contributed by atoms with Gasteiger partial charge in [0.25, 0.3) is 0 Å². The second-order valence-electron chi connectivity index (χ2n) is 12.1. The third-order valence-corrected chi connectivity index (χ3v) is 9.89. The average molecular weight is 727 g/mol. The number of carboxylic acids is 2. The molecule has 0 amide bonds. The number of nitrogens with zero attached hydrogens (tertiary/aromatic N) is 2. The molecule has 0 unspecified atom stereocenters. The molecule has 2 aliphatic heterocycles. The van der Waals surface area contributed by atoms with Crippen molar-refractivity contribution in [1.29, 1.82) is 0 Å².